The molecule has 0 radical (unpaired) electrons. The van der Waals surface area contributed by atoms with Crippen molar-refractivity contribution in [1.82, 2.24) is 5.32 Å². The van der Waals surface area contributed by atoms with E-state index in [0.717, 1.165) is 17.7 Å². The van der Waals surface area contributed by atoms with E-state index >= 15 is 0 Å². The molecule has 0 aliphatic carbocycles. The molecule has 1 aromatic rings. The van der Waals surface area contributed by atoms with Gasteiger partial charge in [0, 0.05) is 24.2 Å². The van der Waals surface area contributed by atoms with Crippen LogP contribution < -0.4 is 5.32 Å². The molecule has 2 nitrogen and oxygen atoms in total. The highest BCUT2D eigenvalue weighted by Gasteiger charge is 2.18. The van der Waals surface area contributed by atoms with Crippen LogP contribution >= 0.6 is 0 Å². The van der Waals surface area contributed by atoms with Gasteiger partial charge in [-0.2, -0.15) is 0 Å². The molecule has 0 fully saturated rings. The second kappa shape index (κ2) is 4.76. The van der Waals surface area contributed by atoms with Gasteiger partial charge in [-0.25, -0.2) is 0 Å². The Morgan fingerprint density at radius 2 is 2.24 bits per heavy atom. The van der Waals surface area contributed by atoms with Crippen LogP contribution in [0.2, 0.25) is 0 Å². The summed E-state index contributed by atoms with van der Waals surface area (Å²) in [5.74, 6) is 0.369. The molecule has 0 amide bonds. The average molecular weight is 229 g/mol. The van der Waals surface area contributed by atoms with E-state index in [1.165, 1.54) is 16.7 Å². The fraction of sp³-hybridized carbons (Fsp3) is 0.333. The lowest BCUT2D eigenvalue weighted by Gasteiger charge is -2.17. The lowest BCUT2D eigenvalue weighted by atomic mass is 9.87. The van der Waals surface area contributed by atoms with Gasteiger partial charge in [-0.15, -0.1) is 0 Å². The summed E-state index contributed by atoms with van der Waals surface area (Å²) in [6.45, 7) is 8.32. The van der Waals surface area contributed by atoms with Crippen LogP contribution in [0.5, 0.6) is 0 Å². The van der Waals surface area contributed by atoms with Gasteiger partial charge in [0.25, 0.3) is 0 Å². The van der Waals surface area contributed by atoms with Crippen molar-refractivity contribution in [3.8, 4) is 0 Å². The lowest BCUT2D eigenvalue weighted by Crippen LogP contribution is -2.02. The van der Waals surface area contributed by atoms with Crippen molar-refractivity contribution < 1.29 is 5.11 Å². The summed E-state index contributed by atoms with van der Waals surface area (Å²) >= 11 is 0. The van der Waals surface area contributed by atoms with E-state index in [-0.39, 0.29) is 6.61 Å². The fourth-order valence-electron chi connectivity index (χ4n) is 2.36. The maximum atomic E-state index is 9.29. The van der Waals surface area contributed by atoms with Crippen molar-refractivity contribution in [3.05, 3.63) is 58.9 Å². The first-order chi connectivity index (χ1) is 8.13. The van der Waals surface area contributed by atoms with Crippen LogP contribution in [0, 0.1) is 6.92 Å². The van der Waals surface area contributed by atoms with Crippen LogP contribution in [0.3, 0.4) is 0 Å². The Bertz CT molecular complexity index is 474. The minimum atomic E-state index is 0.108. The number of benzene rings is 1. The fourth-order valence-corrected chi connectivity index (χ4v) is 2.36. The first-order valence-electron chi connectivity index (χ1n) is 5.96. The second-order valence-electron chi connectivity index (χ2n) is 4.66. The van der Waals surface area contributed by atoms with E-state index in [1.807, 2.05) is 12.1 Å². The summed E-state index contributed by atoms with van der Waals surface area (Å²) in [7, 11) is 0. The maximum absolute atomic E-state index is 9.29. The van der Waals surface area contributed by atoms with E-state index in [4.69, 9.17) is 0 Å². The third-order valence-corrected chi connectivity index (χ3v) is 3.56. The Labute approximate surface area is 103 Å². The van der Waals surface area contributed by atoms with Crippen molar-refractivity contribution in [1.29, 1.82) is 0 Å². The maximum Gasteiger partial charge on any atom is 0.0684 e. The predicted octanol–water partition coefficient (Wildman–Crippen LogP) is 2.98. The molecule has 1 aromatic carbocycles. The molecule has 2 N–H and O–H groups in total. The molecule has 0 saturated heterocycles. The Kier molecular flexibility index (Phi) is 3.34. The minimum absolute atomic E-state index is 0.108. The van der Waals surface area contributed by atoms with Crippen LogP contribution in [-0.4, -0.2) is 5.11 Å². The van der Waals surface area contributed by atoms with Crippen LogP contribution in [0.25, 0.3) is 0 Å². The van der Waals surface area contributed by atoms with E-state index in [0.29, 0.717) is 5.92 Å². The highest BCUT2D eigenvalue weighted by molar-refractivity contribution is 5.41. The normalized spacial score (nSPS) is 16.6. The van der Waals surface area contributed by atoms with E-state index in [9.17, 15) is 5.11 Å². The Morgan fingerprint density at radius 1 is 1.47 bits per heavy atom. The third-order valence-electron chi connectivity index (χ3n) is 3.56. The molecule has 1 aliphatic rings. The molecular weight excluding hydrogens is 210 g/mol. The summed E-state index contributed by atoms with van der Waals surface area (Å²) in [6.07, 6.45) is 2.97. The topological polar surface area (TPSA) is 32.3 Å². The van der Waals surface area contributed by atoms with Crippen molar-refractivity contribution in [3.63, 3.8) is 0 Å². The SMILES string of the molecule is C=C1CC([C@@H](C)c2cccc(CO)c2C)=CN1. The first kappa shape index (κ1) is 11.9. The summed E-state index contributed by atoms with van der Waals surface area (Å²) in [5.41, 5.74) is 5.91. The Morgan fingerprint density at radius 3 is 2.82 bits per heavy atom. The van der Waals surface area contributed by atoms with Gasteiger partial charge in [-0.1, -0.05) is 31.7 Å². The third kappa shape index (κ3) is 2.27. The van der Waals surface area contributed by atoms with Gasteiger partial charge in [0.1, 0.15) is 0 Å². The molecule has 17 heavy (non-hydrogen) atoms. The summed E-state index contributed by atoms with van der Waals surface area (Å²) in [5, 5.41) is 12.5. The van der Waals surface area contributed by atoms with E-state index in [2.05, 4.69) is 38.0 Å². The zero-order chi connectivity index (χ0) is 12.4. The molecule has 0 spiro atoms. The molecule has 2 heteroatoms. The van der Waals surface area contributed by atoms with Crippen LogP contribution in [0.4, 0.5) is 0 Å². The number of nitrogens with one attached hydrogen (secondary N) is 1. The molecule has 0 unspecified atom stereocenters. The van der Waals surface area contributed by atoms with Crippen molar-refractivity contribution in [2.75, 3.05) is 0 Å². The summed E-state index contributed by atoms with van der Waals surface area (Å²) in [6, 6.07) is 6.13. The number of rotatable bonds is 3. The van der Waals surface area contributed by atoms with Gasteiger partial charge in [0.2, 0.25) is 0 Å². The van der Waals surface area contributed by atoms with Crippen molar-refractivity contribution >= 4 is 0 Å². The molecular formula is C15H19NO. The summed E-state index contributed by atoms with van der Waals surface area (Å²) < 4.78 is 0. The average Bonchev–Trinajstić information content (AvgIpc) is 2.75. The highest BCUT2D eigenvalue weighted by atomic mass is 16.3. The highest BCUT2D eigenvalue weighted by Crippen LogP contribution is 2.32. The number of aliphatic hydroxyl groups is 1. The Hall–Kier alpha value is -1.54. The lowest BCUT2D eigenvalue weighted by molar-refractivity contribution is 0.281. The van der Waals surface area contributed by atoms with Crippen LogP contribution in [0.1, 0.15) is 36.0 Å². The van der Waals surface area contributed by atoms with Crippen molar-refractivity contribution in [2.45, 2.75) is 32.8 Å². The van der Waals surface area contributed by atoms with Crippen molar-refractivity contribution in [2.24, 2.45) is 0 Å². The number of hydrogen-bond donors (Lipinski definition) is 2. The first-order valence-corrected chi connectivity index (χ1v) is 5.96. The van der Waals surface area contributed by atoms with Gasteiger partial charge >= 0.3 is 0 Å². The molecule has 1 heterocycles. The second-order valence-corrected chi connectivity index (χ2v) is 4.66. The minimum Gasteiger partial charge on any atom is -0.392 e. The molecule has 1 atom stereocenters. The molecule has 2 rings (SSSR count). The molecule has 90 valence electrons. The Balaban J connectivity index is 2.31. The van der Waals surface area contributed by atoms with Gasteiger partial charge in [0.05, 0.1) is 6.61 Å². The van der Waals surface area contributed by atoms with E-state index < -0.39 is 0 Å². The van der Waals surface area contributed by atoms with Gasteiger partial charge in [-0.3, -0.25) is 0 Å². The van der Waals surface area contributed by atoms with Gasteiger partial charge in [-0.05, 0) is 29.2 Å². The van der Waals surface area contributed by atoms with Gasteiger partial charge in [0.15, 0.2) is 0 Å². The quantitative estimate of drug-likeness (QED) is 0.835. The number of allylic oxidation sites excluding steroid dienone is 1. The monoisotopic (exact) mass is 229 g/mol. The number of aliphatic hydroxyl groups excluding tert-OH is 1. The largest absolute Gasteiger partial charge is 0.392 e. The smallest absolute Gasteiger partial charge is 0.0684 e. The van der Waals surface area contributed by atoms with E-state index in [1.54, 1.807) is 0 Å². The zero-order valence-corrected chi connectivity index (χ0v) is 10.5. The molecule has 0 aromatic heterocycles. The predicted molar refractivity (Wildman–Crippen MR) is 70.5 cm³/mol. The van der Waals surface area contributed by atoms with Gasteiger partial charge < -0.3 is 10.4 Å². The molecule has 0 saturated carbocycles. The number of hydrogen-bond acceptors (Lipinski definition) is 2. The van der Waals surface area contributed by atoms with Crippen LogP contribution in [0.15, 0.2) is 42.2 Å². The summed E-state index contributed by atoms with van der Waals surface area (Å²) in [4.78, 5) is 0. The zero-order valence-electron chi connectivity index (χ0n) is 10.5. The van der Waals surface area contributed by atoms with Crippen LogP contribution in [-0.2, 0) is 6.61 Å². The molecule has 1 aliphatic heterocycles. The standard InChI is InChI=1S/C15H19NO/c1-10-7-14(8-16-10)12(3)15-6-4-5-13(9-17)11(15)2/h4-6,8,12,16-17H,1,7,9H2,2-3H3/t12-/m1/s1. The molecule has 0 bridgehead atoms.